The monoisotopic (exact) mass is 269 g/mol. The first-order valence-corrected chi connectivity index (χ1v) is 6.15. The number of unbranched alkanes of at least 4 members (excludes halogenated alkanes) is 1. The van der Waals surface area contributed by atoms with Gasteiger partial charge in [0.2, 0.25) is 0 Å². The van der Waals surface area contributed by atoms with Crippen LogP contribution in [0.2, 0.25) is 0 Å². The molecule has 0 bridgehead atoms. The maximum Gasteiger partial charge on any atom is 0.274 e. The van der Waals surface area contributed by atoms with Gasteiger partial charge < -0.3 is 14.8 Å². The van der Waals surface area contributed by atoms with Gasteiger partial charge in [-0.25, -0.2) is 4.98 Å². The Bertz CT molecular complexity index is 387. The minimum Gasteiger partial charge on any atom is -0.382 e. The van der Waals surface area contributed by atoms with Crippen molar-refractivity contribution >= 4 is 11.5 Å². The van der Waals surface area contributed by atoms with Gasteiger partial charge in [0.25, 0.3) is 5.69 Å². The number of ether oxygens (including phenoxy) is 2. The van der Waals surface area contributed by atoms with E-state index in [0.717, 1.165) is 12.8 Å². The number of nitrogens with zero attached hydrogens (tertiary/aromatic N) is 2. The van der Waals surface area contributed by atoms with Gasteiger partial charge in [0.1, 0.15) is 5.82 Å². The standard InChI is InChI=1S/C12H19N3O4/c1-18-8-9-19-7-3-2-5-13-12-10-11(15(16)17)4-6-14-12/h4,6,10H,2-3,5,7-9H2,1H3,(H,13,14). The van der Waals surface area contributed by atoms with Crippen LogP contribution in [0.1, 0.15) is 12.8 Å². The predicted octanol–water partition coefficient (Wildman–Crippen LogP) is 1.84. The largest absolute Gasteiger partial charge is 0.382 e. The maximum atomic E-state index is 10.6. The van der Waals surface area contributed by atoms with Crippen molar-refractivity contribution in [3.05, 3.63) is 28.4 Å². The normalized spacial score (nSPS) is 10.4. The fraction of sp³-hybridized carbons (Fsp3) is 0.583. The molecule has 0 aliphatic rings. The molecule has 0 radical (unpaired) electrons. The number of methoxy groups -OCH3 is 1. The molecule has 0 saturated carbocycles. The molecule has 0 unspecified atom stereocenters. The molecule has 0 atom stereocenters. The SMILES string of the molecule is COCCOCCCCNc1cc([N+](=O)[O-])ccn1. The van der Waals surface area contributed by atoms with E-state index < -0.39 is 4.92 Å². The molecule has 0 aliphatic carbocycles. The van der Waals surface area contributed by atoms with Crippen molar-refractivity contribution in [2.75, 3.05) is 38.8 Å². The van der Waals surface area contributed by atoms with Gasteiger partial charge in [-0.15, -0.1) is 0 Å². The Kier molecular flexibility index (Phi) is 7.45. The highest BCUT2D eigenvalue weighted by Gasteiger charge is 2.05. The van der Waals surface area contributed by atoms with Crippen molar-refractivity contribution in [1.29, 1.82) is 0 Å². The average Bonchev–Trinajstić information content (AvgIpc) is 2.42. The highest BCUT2D eigenvalue weighted by atomic mass is 16.6. The van der Waals surface area contributed by atoms with E-state index in [2.05, 4.69) is 10.3 Å². The lowest BCUT2D eigenvalue weighted by molar-refractivity contribution is -0.384. The van der Waals surface area contributed by atoms with Crippen molar-refractivity contribution in [3.63, 3.8) is 0 Å². The van der Waals surface area contributed by atoms with Gasteiger partial charge >= 0.3 is 0 Å². The van der Waals surface area contributed by atoms with E-state index in [1.54, 1.807) is 7.11 Å². The lowest BCUT2D eigenvalue weighted by Gasteiger charge is -2.06. The van der Waals surface area contributed by atoms with E-state index in [4.69, 9.17) is 9.47 Å². The summed E-state index contributed by atoms with van der Waals surface area (Å²) in [5.41, 5.74) is 0.0420. The van der Waals surface area contributed by atoms with E-state index >= 15 is 0 Å². The molecular formula is C12H19N3O4. The second-order valence-electron chi connectivity index (χ2n) is 3.90. The number of aromatic nitrogens is 1. The first-order chi connectivity index (χ1) is 9.24. The van der Waals surface area contributed by atoms with Gasteiger partial charge in [-0.05, 0) is 12.8 Å². The molecule has 1 aromatic rings. The summed E-state index contributed by atoms with van der Waals surface area (Å²) >= 11 is 0. The zero-order valence-corrected chi connectivity index (χ0v) is 11.0. The molecule has 19 heavy (non-hydrogen) atoms. The first kappa shape index (κ1) is 15.3. The van der Waals surface area contributed by atoms with E-state index in [1.165, 1.54) is 18.3 Å². The van der Waals surface area contributed by atoms with E-state index in [-0.39, 0.29) is 5.69 Å². The molecule has 0 fully saturated rings. The number of hydrogen-bond donors (Lipinski definition) is 1. The second kappa shape index (κ2) is 9.23. The molecule has 1 heterocycles. The van der Waals surface area contributed by atoms with E-state index in [9.17, 15) is 10.1 Å². The maximum absolute atomic E-state index is 10.6. The quantitative estimate of drug-likeness (QED) is 0.396. The Morgan fingerprint density at radius 3 is 2.95 bits per heavy atom. The third-order valence-electron chi connectivity index (χ3n) is 2.41. The van der Waals surface area contributed by atoms with Gasteiger partial charge in [-0.2, -0.15) is 0 Å². The Morgan fingerprint density at radius 2 is 2.21 bits per heavy atom. The first-order valence-electron chi connectivity index (χ1n) is 6.15. The summed E-state index contributed by atoms with van der Waals surface area (Å²) in [5, 5.41) is 13.6. The van der Waals surface area contributed by atoms with Gasteiger partial charge in [-0.1, -0.05) is 0 Å². The molecule has 0 aliphatic heterocycles. The Morgan fingerprint density at radius 1 is 1.37 bits per heavy atom. The van der Waals surface area contributed by atoms with Crippen LogP contribution in [-0.4, -0.2) is 43.4 Å². The summed E-state index contributed by atoms with van der Waals surface area (Å²) < 4.78 is 10.2. The topological polar surface area (TPSA) is 86.5 Å². The van der Waals surface area contributed by atoms with Crippen molar-refractivity contribution in [2.24, 2.45) is 0 Å². The molecule has 1 N–H and O–H groups in total. The van der Waals surface area contributed by atoms with Crippen molar-refractivity contribution in [3.8, 4) is 0 Å². The van der Waals surface area contributed by atoms with Gasteiger partial charge in [-0.3, -0.25) is 10.1 Å². The number of anilines is 1. The number of rotatable bonds is 10. The fourth-order valence-electron chi connectivity index (χ4n) is 1.42. The van der Waals surface area contributed by atoms with Crippen LogP contribution < -0.4 is 5.32 Å². The number of nitro groups is 1. The lowest BCUT2D eigenvalue weighted by atomic mass is 10.3. The predicted molar refractivity (Wildman–Crippen MR) is 71.3 cm³/mol. The Labute approximate surface area is 112 Å². The van der Waals surface area contributed by atoms with Crippen LogP contribution in [0.5, 0.6) is 0 Å². The van der Waals surface area contributed by atoms with Crippen LogP contribution in [0.4, 0.5) is 11.5 Å². The number of nitrogens with one attached hydrogen (secondary N) is 1. The van der Waals surface area contributed by atoms with E-state index in [1.807, 2.05) is 0 Å². The summed E-state index contributed by atoms with van der Waals surface area (Å²) in [6.07, 6.45) is 3.26. The molecule has 0 amide bonds. The third kappa shape index (κ3) is 6.68. The molecule has 1 rings (SSSR count). The van der Waals surface area contributed by atoms with Gasteiger partial charge in [0.05, 0.1) is 24.2 Å². The molecule has 1 aromatic heterocycles. The molecule has 0 saturated heterocycles. The van der Waals surface area contributed by atoms with Crippen molar-refractivity contribution in [1.82, 2.24) is 4.98 Å². The highest BCUT2D eigenvalue weighted by molar-refractivity contribution is 5.43. The lowest BCUT2D eigenvalue weighted by Crippen LogP contribution is -2.07. The molecule has 106 valence electrons. The van der Waals surface area contributed by atoms with Crippen LogP contribution >= 0.6 is 0 Å². The summed E-state index contributed by atoms with van der Waals surface area (Å²) in [4.78, 5) is 14.2. The highest BCUT2D eigenvalue weighted by Crippen LogP contribution is 2.13. The van der Waals surface area contributed by atoms with Crippen LogP contribution in [-0.2, 0) is 9.47 Å². The zero-order chi connectivity index (χ0) is 13.9. The second-order valence-corrected chi connectivity index (χ2v) is 3.90. The zero-order valence-electron chi connectivity index (χ0n) is 11.0. The summed E-state index contributed by atoms with van der Waals surface area (Å²) in [6.45, 7) is 2.61. The van der Waals surface area contributed by atoms with Crippen LogP contribution in [0, 0.1) is 10.1 Å². The Hall–Kier alpha value is -1.73. The van der Waals surface area contributed by atoms with Crippen LogP contribution in [0.25, 0.3) is 0 Å². The van der Waals surface area contributed by atoms with Crippen LogP contribution in [0.3, 0.4) is 0 Å². The van der Waals surface area contributed by atoms with E-state index in [0.29, 0.717) is 32.2 Å². The summed E-state index contributed by atoms with van der Waals surface area (Å²) in [5.74, 6) is 0.523. The molecule has 0 spiro atoms. The van der Waals surface area contributed by atoms with Crippen molar-refractivity contribution < 1.29 is 14.4 Å². The minimum atomic E-state index is -0.434. The molecule has 7 nitrogen and oxygen atoms in total. The molecular weight excluding hydrogens is 250 g/mol. The summed E-state index contributed by atoms with van der Waals surface area (Å²) in [7, 11) is 1.64. The molecule has 0 aromatic carbocycles. The van der Waals surface area contributed by atoms with Gasteiger partial charge in [0, 0.05) is 32.5 Å². The summed E-state index contributed by atoms with van der Waals surface area (Å²) in [6, 6.07) is 2.80. The minimum absolute atomic E-state index is 0.0420. The van der Waals surface area contributed by atoms with Gasteiger partial charge in [0.15, 0.2) is 0 Å². The molecule has 7 heteroatoms. The third-order valence-corrected chi connectivity index (χ3v) is 2.41. The average molecular weight is 269 g/mol. The Balaban J connectivity index is 2.12. The fourth-order valence-corrected chi connectivity index (χ4v) is 1.42. The van der Waals surface area contributed by atoms with Crippen molar-refractivity contribution in [2.45, 2.75) is 12.8 Å². The smallest absolute Gasteiger partial charge is 0.274 e. The number of hydrogen-bond acceptors (Lipinski definition) is 6. The van der Waals surface area contributed by atoms with Crippen LogP contribution in [0.15, 0.2) is 18.3 Å². The number of pyridine rings is 1.